The molecule has 6 heteroatoms. The molecule has 0 amide bonds. The lowest BCUT2D eigenvalue weighted by atomic mass is 9.96. The highest BCUT2D eigenvalue weighted by Gasteiger charge is 2.42. The Morgan fingerprint density at radius 2 is 1.75 bits per heavy atom. The van der Waals surface area contributed by atoms with Crippen molar-refractivity contribution in [3.05, 3.63) is 77.4 Å². The van der Waals surface area contributed by atoms with Crippen molar-refractivity contribution < 1.29 is 4.74 Å². The minimum Gasteiger partial charge on any atom is -0.491 e. The van der Waals surface area contributed by atoms with E-state index in [1.807, 2.05) is 44.3 Å². The third-order valence-corrected chi connectivity index (χ3v) is 6.26. The molecule has 1 aliphatic heterocycles. The van der Waals surface area contributed by atoms with Crippen LogP contribution in [-0.4, -0.2) is 20.8 Å². The van der Waals surface area contributed by atoms with E-state index < -0.39 is 0 Å². The molecule has 1 fully saturated rings. The van der Waals surface area contributed by atoms with Gasteiger partial charge in [-0.3, -0.25) is 4.98 Å². The van der Waals surface area contributed by atoms with Gasteiger partial charge in [-0.15, -0.1) is 0 Å². The fourth-order valence-corrected chi connectivity index (χ4v) is 5.15. The number of rotatable bonds is 6. The molecule has 3 heterocycles. The van der Waals surface area contributed by atoms with Gasteiger partial charge in [-0.2, -0.15) is 0 Å². The van der Waals surface area contributed by atoms with Crippen molar-refractivity contribution in [2.24, 2.45) is 0 Å². The summed E-state index contributed by atoms with van der Waals surface area (Å²) in [7, 11) is 0. The Labute approximate surface area is 196 Å². The van der Waals surface area contributed by atoms with Crippen molar-refractivity contribution in [3.63, 3.8) is 0 Å². The van der Waals surface area contributed by atoms with E-state index in [1.165, 1.54) is 17.0 Å². The first-order valence-electron chi connectivity index (χ1n) is 11.2. The number of hydrogen-bond acceptors (Lipinski definition) is 3. The highest BCUT2D eigenvalue weighted by molar-refractivity contribution is 7.80. The van der Waals surface area contributed by atoms with Crippen LogP contribution in [0.5, 0.6) is 5.75 Å². The van der Waals surface area contributed by atoms with Crippen molar-refractivity contribution in [2.45, 2.75) is 65.8 Å². The molecular formula is C26H32N4OS. The monoisotopic (exact) mass is 448 g/mol. The molecule has 0 unspecified atom stereocenters. The van der Waals surface area contributed by atoms with Crippen LogP contribution < -0.4 is 15.0 Å². The summed E-state index contributed by atoms with van der Waals surface area (Å²) in [5, 5.41) is 4.26. The summed E-state index contributed by atoms with van der Waals surface area (Å²) in [5.41, 5.74) is 5.81. The molecule has 0 aliphatic carbocycles. The zero-order chi connectivity index (χ0) is 23.0. The van der Waals surface area contributed by atoms with Gasteiger partial charge in [-0.1, -0.05) is 6.07 Å². The predicted molar refractivity (Wildman–Crippen MR) is 134 cm³/mol. The Morgan fingerprint density at radius 1 is 1.03 bits per heavy atom. The Balaban J connectivity index is 1.81. The van der Waals surface area contributed by atoms with Crippen LogP contribution in [0.25, 0.3) is 0 Å². The molecule has 1 saturated heterocycles. The Kier molecular flexibility index (Phi) is 6.24. The first kappa shape index (κ1) is 22.3. The van der Waals surface area contributed by atoms with E-state index in [2.05, 4.69) is 71.7 Å². The first-order valence-corrected chi connectivity index (χ1v) is 11.6. The van der Waals surface area contributed by atoms with E-state index in [4.69, 9.17) is 17.0 Å². The Hall–Kier alpha value is -2.86. The quantitative estimate of drug-likeness (QED) is 0.465. The lowest BCUT2D eigenvalue weighted by Crippen LogP contribution is -2.29. The number of anilines is 1. The number of nitrogens with zero attached hydrogens (tertiary/aromatic N) is 3. The number of thiocarbonyl (C=S) groups is 1. The number of ether oxygens (including phenoxy) is 1. The molecule has 0 radical (unpaired) electrons. The average Bonchev–Trinajstić information content (AvgIpc) is 3.24. The van der Waals surface area contributed by atoms with Gasteiger partial charge in [0.1, 0.15) is 5.75 Å². The van der Waals surface area contributed by atoms with Crippen molar-refractivity contribution >= 4 is 23.0 Å². The molecule has 0 spiro atoms. The standard InChI is InChI=1S/C26H32N4OS/c1-16(2)29-18(5)15-22(19(29)6)25-24(23-9-7-8-14-27-23)28-26(32)30(25)20-10-12-21(13-11-20)31-17(3)4/h7-17,24-25H,1-6H3,(H,28,32)/t24-,25+/m0/s1. The summed E-state index contributed by atoms with van der Waals surface area (Å²) >= 11 is 5.86. The molecule has 3 aromatic rings. The van der Waals surface area contributed by atoms with Gasteiger partial charge in [-0.05, 0) is 102 Å². The number of benzene rings is 1. The molecule has 1 aromatic carbocycles. The maximum atomic E-state index is 5.86. The average molecular weight is 449 g/mol. The van der Waals surface area contributed by atoms with E-state index in [-0.39, 0.29) is 18.2 Å². The predicted octanol–water partition coefficient (Wildman–Crippen LogP) is 6.05. The van der Waals surface area contributed by atoms with E-state index in [0.717, 1.165) is 17.1 Å². The minimum absolute atomic E-state index is 0.00651. The molecule has 2 atom stereocenters. The number of nitrogens with one attached hydrogen (secondary N) is 1. The lowest BCUT2D eigenvalue weighted by Gasteiger charge is -2.28. The van der Waals surface area contributed by atoms with Gasteiger partial charge in [0.2, 0.25) is 0 Å². The summed E-state index contributed by atoms with van der Waals surface area (Å²) in [6.07, 6.45) is 1.98. The number of pyridine rings is 1. The molecule has 32 heavy (non-hydrogen) atoms. The maximum absolute atomic E-state index is 5.86. The van der Waals surface area contributed by atoms with Crippen LogP contribution in [0.3, 0.4) is 0 Å². The van der Waals surface area contributed by atoms with Crippen molar-refractivity contribution in [1.82, 2.24) is 14.9 Å². The van der Waals surface area contributed by atoms with Gasteiger partial charge in [0, 0.05) is 29.3 Å². The molecular weight excluding hydrogens is 416 g/mol. The Morgan fingerprint density at radius 3 is 2.31 bits per heavy atom. The third-order valence-electron chi connectivity index (χ3n) is 5.94. The van der Waals surface area contributed by atoms with Crippen molar-refractivity contribution in [1.29, 1.82) is 0 Å². The minimum atomic E-state index is -0.0450. The van der Waals surface area contributed by atoms with Crippen LogP contribution in [0.2, 0.25) is 0 Å². The van der Waals surface area contributed by atoms with E-state index in [0.29, 0.717) is 11.2 Å². The van der Waals surface area contributed by atoms with Gasteiger partial charge in [-0.25, -0.2) is 0 Å². The molecule has 0 saturated carbocycles. The SMILES string of the molecule is Cc1cc([C@@H]2[C@H](c3ccccn3)NC(=S)N2c2ccc(OC(C)C)cc2)c(C)n1C(C)C. The van der Waals surface area contributed by atoms with Gasteiger partial charge in [0.25, 0.3) is 0 Å². The second kappa shape index (κ2) is 8.94. The van der Waals surface area contributed by atoms with Crippen LogP contribution >= 0.6 is 12.2 Å². The summed E-state index contributed by atoms with van der Waals surface area (Å²) in [6, 6.07) is 16.9. The molecule has 1 N–H and O–H groups in total. The van der Waals surface area contributed by atoms with Crippen molar-refractivity contribution in [2.75, 3.05) is 4.90 Å². The zero-order valence-corrected chi connectivity index (χ0v) is 20.5. The second-order valence-electron chi connectivity index (χ2n) is 8.95. The van der Waals surface area contributed by atoms with Gasteiger partial charge in [0.15, 0.2) is 5.11 Å². The first-order chi connectivity index (χ1) is 15.3. The topological polar surface area (TPSA) is 42.3 Å². The van der Waals surface area contributed by atoms with Crippen LogP contribution in [0.15, 0.2) is 54.7 Å². The number of hydrogen-bond donors (Lipinski definition) is 1. The highest BCUT2D eigenvalue weighted by Crippen LogP contribution is 2.44. The summed E-state index contributed by atoms with van der Waals surface area (Å²) in [4.78, 5) is 6.89. The van der Waals surface area contributed by atoms with Gasteiger partial charge >= 0.3 is 0 Å². The molecule has 2 aromatic heterocycles. The van der Waals surface area contributed by atoms with Crippen LogP contribution in [0.4, 0.5) is 5.69 Å². The third kappa shape index (κ3) is 4.11. The van der Waals surface area contributed by atoms with Gasteiger partial charge < -0.3 is 19.5 Å². The molecule has 4 rings (SSSR count). The smallest absolute Gasteiger partial charge is 0.174 e. The second-order valence-corrected chi connectivity index (χ2v) is 9.33. The van der Waals surface area contributed by atoms with Crippen molar-refractivity contribution in [3.8, 4) is 5.75 Å². The van der Waals surface area contributed by atoms with Gasteiger partial charge in [0.05, 0.1) is 23.9 Å². The summed E-state index contributed by atoms with van der Waals surface area (Å²) in [6.45, 7) is 12.9. The fraction of sp³-hybridized carbons (Fsp3) is 0.385. The Bertz CT molecular complexity index is 1090. The fourth-order valence-electron chi connectivity index (χ4n) is 4.80. The maximum Gasteiger partial charge on any atom is 0.174 e. The zero-order valence-electron chi connectivity index (χ0n) is 19.7. The normalized spacial score (nSPS) is 18.5. The number of aromatic nitrogens is 2. The molecule has 1 aliphatic rings. The summed E-state index contributed by atoms with van der Waals surface area (Å²) in [5.74, 6) is 0.859. The lowest BCUT2D eigenvalue weighted by molar-refractivity contribution is 0.242. The number of aryl methyl sites for hydroxylation is 1. The van der Waals surface area contributed by atoms with E-state index in [9.17, 15) is 0 Å². The van der Waals surface area contributed by atoms with Crippen LogP contribution in [0.1, 0.15) is 68.5 Å². The molecule has 5 nitrogen and oxygen atoms in total. The van der Waals surface area contributed by atoms with E-state index in [1.54, 1.807) is 0 Å². The molecule has 168 valence electrons. The largest absolute Gasteiger partial charge is 0.491 e. The van der Waals surface area contributed by atoms with Crippen LogP contribution in [-0.2, 0) is 0 Å². The van der Waals surface area contributed by atoms with E-state index >= 15 is 0 Å². The highest BCUT2D eigenvalue weighted by atomic mass is 32.1. The summed E-state index contributed by atoms with van der Waals surface area (Å²) < 4.78 is 8.24. The molecule has 0 bridgehead atoms. The van der Waals surface area contributed by atoms with Crippen LogP contribution in [0, 0.1) is 13.8 Å².